The van der Waals surface area contributed by atoms with Crippen molar-refractivity contribution in [3.05, 3.63) is 33.9 Å². The van der Waals surface area contributed by atoms with Crippen LogP contribution in [0.4, 0.5) is 5.69 Å². The van der Waals surface area contributed by atoms with E-state index in [9.17, 15) is 24.8 Å². The topological polar surface area (TPSA) is 139 Å². The molecule has 0 spiro atoms. The second-order valence-corrected chi connectivity index (χ2v) is 5.95. The lowest BCUT2D eigenvalue weighted by Gasteiger charge is -2.36. The summed E-state index contributed by atoms with van der Waals surface area (Å²) in [5.41, 5.74) is 5.08. The Morgan fingerprint density at radius 1 is 1.38 bits per heavy atom. The lowest BCUT2D eigenvalue weighted by molar-refractivity contribution is -0.385. The molecule has 0 aromatic heterocycles. The van der Waals surface area contributed by atoms with E-state index >= 15 is 0 Å². The lowest BCUT2D eigenvalue weighted by Crippen LogP contribution is -2.49. The number of hydrogen-bond acceptors (Lipinski definition) is 6. The fourth-order valence-corrected chi connectivity index (χ4v) is 2.91. The van der Waals surface area contributed by atoms with E-state index in [0.29, 0.717) is 13.1 Å². The summed E-state index contributed by atoms with van der Waals surface area (Å²) < 4.78 is 0. The van der Waals surface area contributed by atoms with Gasteiger partial charge in [-0.25, -0.2) is 0 Å². The summed E-state index contributed by atoms with van der Waals surface area (Å²) >= 11 is 0. The molecule has 2 amide bonds. The number of aromatic hydroxyl groups is 1. The van der Waals surface area contributed by atoms with E-state index in [1.165, 1.54) is 6.07 Å². The van der Waals surface area contributed by atoms with Crippen molar-refractivity contribution in [2.45, 2.75) is 31.7 Å². The number of nitrogens with one attached hydrogen (secondary N) is 1. The molecule has 1 fully saturated rings. The van der Waals surface area contributed by atoms with Gasteiger partial charge in [0.05, 0.1) is 4.92 Å². The van der Waals surface area contributed by atoms with Crippen molar-refractivity contribution < 1.29 is 19.6 Å². The minimum Gasteiger partial charge on any atom is -0.502 e. The first-order chi connectivity index (χ1) is 11.9. The number of amides is 2. The van der Waals surface area contributed by atoms with E-state index in [0.717, 1.165) is 31.4 Å². The molecule has 9 nitrogen and oxygen atoms in total. The van der Waals surface area contributed by atoms with Gasteiger partial charge in [-0.15, -0.1) is 12.4 Å². The molecule has 10 heteroatoms. The van der Waals surface area contributed by atoms with Crippen LogP contribution in [0.5, 0.6) is 5.75 Å². The van der Waals surface area contributed by atoms with Crippen LogP contribution in [0.15, 0.2) is 18.2 Å². The highest BCUT2D eigenvalue weighted by molar-refractivity contribution is 5.95. The average molecular weight is 387 g/mol. The number of hydrogen-bond donors (Lipinski definition) is 3. The van der Waals surface area contributed by atoms with Crippen LogP contribution in [0.3, 0.4) is 0 Å². The van der Waals surface area contributed by atoms with Crippen LogP contribution in [0.1, 0.15) is 36.0 Å². The van der Waals surface area contributed by atoms with Gasteiger partial charge in [-0.2, -0.15) is 0 Å². The number of halogens is 1. The summed E-state index contributed by atoms with van der Waals surface area (Å²) in [5.74, 6) is -1.02. The van der Waals surface area contributed by atoms with E-state index in [1.807, 2.05) is 0 Å². The zero-order valence-corrected chi connectivity index (χ0v) is 15.0. The molecule has 0 bridgehead atoms. The molecular weight excluding hydrogens is 364 g/mol. The molecule has 1 aliphatic rings. The molecule has 144 valence electrons. The summed E-state index contributed by atoms with van der Waals surface area (Å²) in [4.78, 5) is 36.0. The largest absolute Gasteiger partial charge is 0.502 e. The fourth-order valence-electron chi connectivity index (χ4n) is 2.91. The van der Waals surface area contributed by atoms with Crippen molar-refractivity contribution in [3.8, 4) is 5.75 Å². The van der Waals surface area contributed by atoms with Gasteiger partial charge in [0.15, 0.2) is 5.75 Å². The third-order valence-corrected chi connectivity index (χ3v) is 4.21. The smallest absolute Gasteiger partial charge is 0.310 e. The molecule has 1 aromatic rings. The van der Waals surface area contributed by atoms with Crippen molar-refractivity contribution in [1.29, 1.82) is 0 Å². The number of nitrogens with two attached hydrogens (primary N) is 1. The van der Waals surface area contributed by atoms with Gasteiger partial charge in [-0.05, 0) is 31.4 Å². The zero-order chi connectivity index (χ0) is 18.4. The van der Waals surface area contributed by atoms with Crippen molar-refractivity contribution in [2.75, 3.05) is 19.6 Å². The fraction of sp³-hybridized carbons (Fsp3) is 0.500. The Morgan fingerprint density at radius 2 is 2.12 bits per heavy atom. The SMILES string of the molecule is Cl.NCCC(=O)NCC1CCCCN1C(=O)c1ccc([N+](=O)[O-])c(O)c1. The first-order valence-electron chi connectivity index (χ1n) is 8.19. The summed E-state index contributed by atoms with van der Waals surface area (Å²) in [6.45, 7) is 1.14. The lowest BCUT2D eigenvalue weighted by atomic mass is 10.0. The van der Waals surface area contributed by atoms with Gasteiger partial charge in [-0.1, -0.05) is 0 Å². The maximum absolute atomic E-state index is 12.7. The molecule has 1 heterocycles. The molecule has 1 aromatic carbocycles. The highest BCUT2D eigenvalue weighted by atomic mass is 35.5. The van der Waals surface area contributed by atoms with E-state index in [2.05, 4.69) is 5.32 Å². The highest BCUT2D eigenvalue weighted by Crippen LogP contribution is 2.28. The van der Waals surface area contributed by atoms with Gasteiger partial charge >= 0.3 is 5.69 Å². The van der Waals surface area contributed by atoms with Gasteiger partial charge in [0.25, 0.3) is 5.91 Å². The summed E-state index contributed by atoms with van der Waals surface area (Å²) in [5, 5.41) is 23.3. The van der Waals surface area contributed by atoms with Gasteiger partial charge in [0, 0.05) is 43.7 Å². The van der Waals surface area contributed by atoms with Gasteiger partial charge in [0.2, 0.25) is 5.91 Å². The predicted molar refractivity (Wildman–Crippen MR) is 97.4 cm³/mol. The Bertz CT molecular complexity index is 670. The molecule has 0 saturated carbocycles. The van der Waals surface area contributed by atoms with E-state index < -0.39 is 16.4 Å². The predicted octanol–water partition coefficient (Wildman–Crippen LogP) is 1.18. The number of benzene rings is 1. The highest BCUT2D eigenvalue weighted by Gasteiger charge is 2.28. The van der Waals surface area contributed by atoms with E-state index in [-0.39, 0.29) is 48.8 Å². The Morgan fingerprint density at radius 3 is 2.73 bits per heavy atom. The molecule has 1 aliphatic heterocycles. The van der Waals surface area contributed by atoms with Crippen LogP contribution < -0.4 is 11.1 Å². The van der Waals surface area contributed by atoms with Gasteiger partial charge in [0.1, 0.15) is 0 Å². The quantitative estimate of drug-likeness (QED) is 0.495. The molecule has 2 rings (SSSR count). The minimum absolute atomic E-state index is 0. The number of nitrogens with zero attached hydrogens (tertiary/aromatic N) is 2. The Balaban J connectivity index is 0.00000338. The summed E-state index contributed by atoms with van der Waals surface area (Å²) in [6.07, 6.45) is 2.79. The van der Waals surface area contributed by atoms with Crippen LogP contribution in [0.2, 0.25) is 0 Å². The number of phenolic OH excluding ortho intramolecular Hbond substituents is 1. The zero-order valence-electron chi connectivity index (χ0n) is 14.2. The van der Waals surface area contributed by atoms with Crippen molar-refractivity contribution in [1.82, 2.24) is 10.2 Å². The molecule has 1 atom stereocenters. The Labute approximate surface area is 157 Å². The number of carbonyl (C=O) groups excluding carboxylic acids is 2. The van der Waals surface area contributed by atoms with Crippen LogP contribution in [-0.4, -0.2) is 52.4 Å². The standard InChI is InChI=1S/C16H22N4O5.ClH/c17-7-6-15(22)18-10-12-3-1-2-8-19(12)16(23)11-4-5-13(20(24)25)14(21)9-11;/h4-5,9,12,21H,1-3,6-8,10,17H2,(H,18,22);1H. The van der Waals surface area contributed by atoms with E-state index in [1.54, 1.807) is 4.90 Å². The normalized spacial score (nSPS) is 16.5. The van der Waals surface area contributed by atoms with Gasteiger partial charge < -0.3 is 21.1 Å². The van der Waals surface area contributed by atoms with Gasteiger partial charge in [-0.3, -0.25) is 19.7 Å². The first kappa shape index (κ1) is 21.7. The summed E-state index contributed by atoms with van der Waals surface area (Å²) in [7, 11) is 0. The molecule has 4 N–H and O–H groups in total. The van der Waals surface area contributed by atoms with Crippen LogP contribution >= 0.6 is 12.4 Å². The molecule has 1 saturated heterocycles. The number of nitro groups is 1. The second-order valence-electron chi connectivity index (χ2n) is 5.95. The Kier molecular flexibility index (Phi) is 8.27. The van der Waals surface area contributed by atoms with Crippen molar-refractivity contribution >= 4 is 29.9 Å². The number of phenols is 1. The average Bonchev–Trinajstić information content (AvgIpc) is 2.59. The minimum atomic E-state index is -0.708. The second kappa shape index (κ2) is 9.93. The Hall–Kier alpha value is -2.39. The molecule has 0 radical (unpaired) electrons. The molecule has 0 aliphatic carbocycles. The number of likely N-dealkylation sites (tertiary alicyclic amines) is 1. The van der Waals surface area contributed by atoms with Crippen molar-refractivity contribution in [2.24, 2.45) is 5.73 Å². The molecular formula is C16H23ClN4O5. The third-order valence-electron chi connectivity index (χ3n) is 4.21. The maximum atomic E-state index is 12.7. The monoisotopic (exact) mass is 386 g/mol. The maximum Gasteiger partial charge on any atom is 0.310 e. The molecule has 1 unspecified atom stereocenters. The van der Waals surface area contributed by atoms with Crippen LogP contribution in [-0.2, 0) is 4.79 Å². The third kappa shape index (κ3) is 5.30. The number of rotatable bonds is 6. The van der Waals surface area contributed by atoms with Crippen molar-refractivity contribution in [3.63, 3.8) is 0 Å². The van der Waals surface area contributed by atoms with Crippen LogP contribution in [0.25, 0.3) is 0 Å². The van der Waals surface area contributed by atoms with E-state index in [4.69, 9.17) is 5.73 Å². The number of carbonyl (C=O) groups is 2. The summed E-state index contributed by atoms with van der Waals surface area (Å²) in [6, 6.07) is 3.41. The van der Waals surface area contributed by atoms with Crippen LogP contribution in [0, 0.1) is 10.1 Å². The first-order valence-corrected chi connectivity index (χ1v) is 8.19. The number of piperidine rings is 1. The molecule has 26 heavy (non-hydrogen) atoms. The number of nitro benzene ring substituents is 1.